The van der Waals surface area contributed by atoms with Crippen molar-refractivity contribution in [2.45, 2.75) is 39.3 Å². The van der Waals surface area contributed by atoms with E-state index in [1.807, 2.05) is 6.92 Å². The van der Waals surface area contributed by atoms with E-state index in [0.717, 1.165) is 25.9 Å². The quantitative estimate of drug-likeness (QED) is 0.693. The predicted octanol–water partition coefficient (Wildman–Crippen LogP) is 2.28. The zero-order chi connectivity index (χ0) is 12.0. The Labute approximate surface area is 96.3 Å². The Morgan fingerprint density at radius 2 is 2.06 bits per heavy atom. The van der Waals surface area contributed by atoms with E-state index in [1.54, 1.807) is 0 Å². The Morgan fingerprint density at radius 3 is 2.44 bits per heavy atom. The van der Waals surface area contributed by atoms with Gasteiger partial charge in [-0.25, -0.2) is 11.5 Å². The molecule has 0 spiro atoms. The second-order valence-electron chi connectivity index (χ2n) is 3.87. The third-order valence-corrected chi connectivity index (χ3v) is 2.61. The van der Waals surface area contributed by atoms with Crippen LogP contribution in [-0.4, -0.2) is 28.1 Å². The number of hydrogen-bond acceptors (Lipinski definition) is 4. The maximum absolute atomic E-state index is 7.38. The highest BCUT2D eigenvalue weighted by molar-refractivity contribution is 5.07. The lowest BCUT2D eigenvalue weighted by Crippen LogP contribution is -2.43. The van der Waals surface area contributed by atoms with E-state index in [9.17, 15) is 0 Å². The zero-order valence-corrected chi connectivity index (χ0v) is 10.1. The minimum absolute atomic E-state index is 0.449. The van der Waals surface area contributed by atoms with E-state index in [-0.39, 0.29) is 0 Å². The molecule has 0 aromatic carbocycles. The van der Waals surface area contributed by atoms with Crippen LogP contribution in [0.5, 0.6) is 0 Å². The smallest absolute Gasteiger partial charge is 0.342 e. The summed E-state index contributed by atoms with van der Waals surface area (Å²) < 4.78 is 4.74. The average Bonchev–Trinajstić information content (AvgIpc) is 2.81. The highest BCUT2D eigenvalue weighted by Gasteiger charge is 2.43. The Balaban J connectivity index is 2.97. The third-order valence-electron chi connectivity index (χ3n) is 2.61. The summed E-state index contributed by atoms with van der Waals surface area (Å²) in [5.41, 5.74) is -0.807. The van der Waals surface area contributed by atoms with Gasteiger partial charge in [-0.3, -0.25) is 4.85 Å². The molecular formula is C11H18N4O. The monoisotopic (exact) mass is 222 g/mol. The molecule has 1 rings (SSSR count). The normalized spacial score (nSPS) is 14.7. The van der Waals surface area contributed by atoms with Gasteiger partial charge >= 0.3 is 5.66 Å². The van der Waals surface area contributed by atoms with Crippen LogP contribution in [0.2, 0.25) is 0 Å². The largest absolute Gasteiger partial charge is 0.348 e. The first-order valence-electron chi connectivity index (χ1n) is 5.59. The van der Waals surface area contributed by atoms with E-state index in [0.29, 0.717) is 5.82 Å². The molecule has 0 saturated heterocycles. The summed E-state index contributed by atoms with van der Waals surface area (Å²) >= 11 is 0. The SMILES string of the molecule is [C-]#[N+]C(C)(c1ncon1)N(CCC)CCC. The molecule has 5 nitrogen and oxygen atoms in total. The van der Waals surface area contributed by atoms with Crippen LogP contribution in [0.25, 0.3) is 4.85 Å². The van der Waals surface area contributed by atoms with Gasteiger partial charge in [-0.05, 0) is 12.8 Å². The fraction of sp³-hybridized carbons (Fsp3) is 0.727. The van der Waals surface area contributed by atoms with E-state index >= 15 is 0 Å². The van der Waals surface area contributed by atoms with Crippen molar-refractivity contribution in [3.63, 3.8) is 0 Å². The lowest BCUT2D eigenvalue weighted by atomic mass is 10.1. The van der Waals surface area contributed by atoms with Crippen LogP contribution < -0.4 is 0 Å². The highest BCUT2D eigenvalue weighted by atomic mass is 16.5. The van der Waals surface area contributed by atoms with Gasteiger partial charge in [-0.1, -0.05) is 19.0 Å². The molecule has 0 radical (unpaired) electrons. The second kappa shape index (κ2) is 5.61. The van der Waals surface area contributed by atoms with Crippen molar-refractivity contribution >= 4 is 0 Å². The molecule has 16 heavy (non-hydrogen) atoms. The Morgan fingerprint density at radius 1 is 1.44 bits per heavy atom. The van der Waals surface area contributed by atoms with Gasteiger partial charge < -0.3 is 4.52 Å². The van der Waals surface area contributed by atoms with Gasteiger partial charge in [0.2, 0.25) is 6.39 Å². The molecule has 0 N–H and O–H groups in total. The van der Waals surface area contributed by atoms with Crippen molar-refractivity contribution in [1.82, 2.24) is 15.0 Å². The topological polar surface area (TPSA) is 46.5 Å². The van der Waals surface area contributed by atoms with Crippen LogP contribution in [0.15, 0.2) is 10.9 Å². The van der Waals surface area contributed by atoms with Crippen LogP contribution in [0.3, 0.4) is 0 Å². The van der Waals surface area contributed by atoms with Crippen molar-refractivity contribution in [2.24, 2.45) is 0 Å². The summed E-state index contributed by atoms with van der Waals surface area (Å²) in [5, 5.41) is 3.80. The van der Waals surface area contributed by atoms with Gasteiger partial charge in [-0.15, -0.1) is 0 Å². The van der Waals surface area contributed by atoms with Crippen molar-refractivity contribution < 1.29 is 4.52 Å². The summed E-state index contributed by atoms with van der Waals surface area (Å²) in [4.78, 5) is 9.80. The molecule has 1 aromatic rings. The van der Waals surface area contributed by atoms with Crippen molar-refractivity contribution in [2.75, 3.05) is 13.1 Å². The standard InChI is InChI=1S/C11H18N4O/c1-5-7-15(8-6-2)11(3,12-4)10-13-9-16-14-10/h9H,5-8H2,1-3H3. The summed E-state index contributed by atoms with van der Waals surface area (Å²) in [6, 6.07) is 0. The third kappa shape index (κ3) is 2.39. The van der Waals surface area contributed by atoms with Crippen LogP contribution >= 0.6 is 0 Å². The summed E-state index contributed by atoms with van der Waals surface area (Å²) in [5.74, 6) is 0.449. The number of rotatable bonds is 6. The Bertz CT molecular complexity index is 337. The average molecular weight is 222 g/mol. The molecule has 0 bridgehead atoms. The van der Waals surface area contributed by atoms with Crippen LogP contribution in [0.1, 0.15) is 39.4 Å². The molecule has 5 heteroatoms. The molecule has 0 amide bonds. The molecule has 1 heterocycles. The first-order valence-corrected chi connectivity index (χ1v) is 5.59. The fourth-order valence-electron chi connectivity index (χ4n) is 1.73. The van der Waals surface area contributed by atoms with Gasteiger partial charge in [-0.2, -0.15) is 4.98 Å². The van der Waals surface area contributed by atoms with Crippen LogP contribution in [0, 0.1) is 6.57 Å². The Hall–Kier alpha value is -1.41. The molecule has 1 atom stereocenters. The maximum atomic E-state index is 7.38. The molecule has 0 saturated carbocycles. The molecular weight excluding hydrogens is 204 g/mol. The number of nitrogens with zero attached hydrogens (tertiary/aromatic N) is 4. The fourth-order valence-corrected chi connectivity index (χ4v) is 1.73. The van der Waals surface area contributed by atoms with Crippen molar-refractivity contribution in [3.05, 3.63) is 23.6 Å². The van der Waals surface area contributed by atoms with E-state index in [4.69, 9.17) is 11.1 Å². The summed E-state index contributed by atoms with van der Waals surface area (Å²) in [6.07, 6.45) is 3.28. The summed E-state index contributed by atoms with van der Waals surface area (Å²) in [6.45, 7) is 15.2. The van der Waals surface area contributed by atoms with Gasteiger partial charge in [0.15, 0.2) is 0 Å². The lowest BCUT2D eigenvalue weighted by Gasteiger charge is -2.28. The molecule has 1 unspecified atom stereocenters. The maximum Gasteiger partial charge on any atom is 0.348 e. The summed E-state index contributed by atoms with van der Waals surface area (Å²) in [7, 11) is 0. The van der Waals surface area contributed by atoms with E-state index in [2.05, 4.69) is 33.7 Å². The molecule has 0 aliphatic heterocycles. The number of hydrogen-bond donors (Lipinski definition) is 0. The van der Waals surface area contributed by atoms with Gasteiger partial charge in [0.1, 0.15) is 0 Å². The minimum Gasteiger partial charge on any atom is -0.342 e. The van der Waals surface area contributed by atoms with Crippen LogP contribution in [-0.2, 0) is 5.66 Å². The van der Waals surface area contributed by atoms with Crippen LogP contribution in [0.4, 0.5) is 0 Å². The molecule has 1 aromatic heterocycles. The molecule has 0 aliphatic carbocycles. The molecule has 0 fully saturated rings. The second-order valence-corrected chi connectivity index (χ2v) is 3.87. The zero-order valence-electron chi connectivity index (χ0n) is 10.1. The van der Waals surface area contributed by atoms with E-state index in [1.165, 1.54) is 6.39 Å². The molecule has 88 valence electrons. The van der Waals surface area contributed by atoms with Crippen molar-refractivity contribution in [1.29, 1.82) is 0 Å². The van der Waals surface area contributed by atoms with E-state index < -0.39 is 5.66 Å². The predicted molar refractivity (Wildman–Crippen MR) is 60.4 cm³/mol. The van der Waals surface area contributed by atoms with Crippen molar-refractivity contribution in [3.8, 4) is 0 Å². The highest BCUT2D eigenvalue weighted by Crippen LogP contribution is 2.27. The first-order chi connectivity index (χ1) is 7.69. The minimum atomic E-state index is -0.807. The number of aromatic nitrogens is 2. The Kier molecular flexibility index (Phi) is 4.44. The lowest BCUT2D eigenvalue weighted by molar-refractivity contribution is 0.132. The van der Waals surface area contributed by atoms with Gasteiger partial charge in [0.25, 0.3) is 5.82 Å². The van der Waals surface area contributed by atoms with Gasteiger partial charge in [0.05, 0.1) is 0 Å². The first kappa shape index (κ1) is 12.7. The van der Waals surface area contributed by atoms with Gasteiger partial charge in [0, 0.05) is 20.0 Å². The molecule has 0 aliphatic rings.